The number of fused-ring (bicyclic) bond motifs is 1. The minimum absolute atomic E-state index is 0.110. The molecular formula is C29H25F6N7O2. The average Bonchev–Trinajstić information content (AvgIpc) is 3.32. The normalized spacial score (nSPS) is 20.0. The molecule has 3 atom stereocenters. The third-order valence-corrected chi connectivity index (χ3v) is 7.68. The van der Waals surface area contributed by atoms with Crippen molar-refractivity contribution in [3.63, 3.8) is 0 Å². The first-order valence-electron chi connectivity index (χ1n) is 13.5. The maximum atomic E-state index is 13.8. The summed E-state index contributed by atoms with van der Waals surface area (Å²) in [5.74, 6) is -1.02. The van der Waals surface area contributed by atoms with Crippen LogP contribution in [0.15, 0.2) is 61.1 Å². The third-order valence-electron chi connectivity index (χ3n) is 7.68. The lowest BCUT2D eigenvalue weighted by Crippen LogP contribution is -2.34. The maximum Gasteiger partial charge on any atom is 0.435 e. The second-order valence-electron chi connectivity index (χ2n) is 11.4. The number of ether oxygens (including phenoxy) is 1. The van der Waals surface area contributed by atoms with Gasteiger partial charge in [-0.2, -0.15) is 31.4 Å². The summed E-state index contributed by atoms with van der Waals surface area (Å²) in [5.41, 5.74) is 4.20. The summed E-state index contributed by atoms with van der Waals surface area (Å²) >= 11 is 0. The van der Waals surface area contributed by atoms with Crippen molar-refractivity contribution in [2.45, 2.75) is 37.8 Å². The first-order valence-corrected chi connectivity index (χ1v) is 13.5. The monoisotopic (exact) mass is 617 g/mol. The van der Waals surface area contributed by atoms with E-state index in [0.717, 1.165) is 23.0 Å². The van der Waals surface area contributed by atoms with Gasteiger partial charge in [0, 0.05) is 60.7 Å². The Kier molecular flexibility index (Phi) is 6.90. The van der Waals surface area contributed by atoms with Crippen LogP contribution < -0.4 is 10.5 Å². The van der Waals surface area contributed by atoms with Crippen LogP contribution in [0.1, 0.15) is 41.0 Å². The Morgan fingerprint density at radius 1 is 0.932 bits per heavy atom. The molecule has 1 aliphatic carbocycles. The van der Waals surface area contributed by atoms with Gasteiger partial charge in [0.2, 0.25) is 11.8 Å². The van der Waals surface area contributed by atoms with Crippen LogP contribution in [0.4, 0.5) is 26.3 Å². The zero-order chi connectivity index (χ0) is 31.6. The molecule has 230 valence electrons. The molecule has 2 N–H and O–H groups in total. The summed E-state index contributed by atoms with van der Waals surface area (Å²) in [4.78, 5) is 26.8. The number of alkyl halides is 6. The lowest BCUT2D eigenvalue weighted by molar-refractivity contribution is -0.141. The van der Waals surface area contributed by atoms with E-state index in [4.69, 9.17) is 10.5 Å². The number of piperidine rings is 1. The van der Waals surface area contributed by atoms with Gasteiger partial charge in [-0.05, 0) is 43.7 Å². The van der Waals surface area contributed by atoms with E-state index in [-0.39, 0.29) is 42.9 Å². The zero-order valence-corrected chi connectivity index (χ0v) is 23.3. The summed E-state index contributed by atoms with van der Waals surface area (Å²) in [6.07, 6.45) is -6.05. The smallest absolute Gasteiger partial charge is 0.435 e. The van der Waals surface area contributed by atoms with Gasteiger partial charge >= 0.3 is 12.4 Å². The van der Waals surface area contributed by atoms with Crippen LogP contribution in [-0.4, -0.2) is 54.7 Å². The molecule has 1 saturated heterocycles. The van der Waals surface area contributed by atoms with Crippen LogP contribution in [0, 0.1) is 11.8 Å². The highest BCUT2D eigenvalue weighted by Gasteiger charge is 2.59. The highest BCUT2D eigenvalue weighted by molar-refractivity contribution is 5.95. The first kappa shape index (κ1) is 29.5. The van der Waals surface area contributed by atoms with Gasteiger partial charge in [0.05, 0.1) is 16.8 Å². The van der Waals surface area contributed by atoms with Crippen LogP contribution in [0.5, 0.6) is 5.88 Å². The van der Waals surface area contributed by atoms with Crippen LogP contribution in [0.25, 0.3) is 17.2 Å². The molecule has 4 aromatic rings. The fourth-order valence-corrected chi connectivity index (χ4v) is 5.29. The number of hydrogen-bond donors (Lipinski definition) is 1. The second-order valence-corrected chi connectivity index (χ2v) is 11.4. The Balaban J connectivity index is 1.19. The number of carbonyl (C=O) groups excluding carboxylic acids is 1. The van der Waals surface area contributed by atoms with Crippen molar-refractivity contribution in [2.24, 2.45) is 17.6 Å². The molecule has 0 radical (unpaired) electrons. The average molecular weight is 618 g/mol. The van der Waals surface area contributed by atoms with Crippen molar-refractivity contribution in [2.75, 3.05) is 13.1 Å². The Bertz CT molecular complexity index is 1690. The van der Waals surface area contributed by atoms with Crippen LogP contribution >= 0.6 is 0 Å². The summed E-state index contributed by atoms with van der Waals surface area (Å²) in [7, 11) is 0. The molecule has 44 heavy (non-hydrogen) atoms. The van der Waals surface area contributed by atoms with Gasteiger partial charge in [0.1, 0.15) is 6.10 Å². The number of aromatic nitrogens is 5. The standard InChI is InChI=1S/C29H25F6N7O2/c1-27(2,36)17-10-21(15-4-6-16(7-5-15)28(30,31)32)39-22(11-17)44-23-18-12-41(13-19(18)23)25(43)20-14-42(26-37-8-3-9-38-26)40-24(20)29(33,34)35/h3-11,14,18-19,23H,12-13,36H2,1-2H3/t18-,19+,23-. The van der Waals surface area contributed by atoms with Gasteiger partial charge in [-0.3, -0.25) is 4.79 Å². The number of likely N-dealkylation sites (tertiary alicyclic amines) is 1. The number of amides is 1. The predicted molar refractivity (Wildman–Crippen MR) is 143 cm³/mol. The van der Waals surface area contributed by atoms with Crippen molar-refractivity contribution in [3.8, 4) is 23.1 Å². The van der Waals surface area contributed by atoms with Crippen LogP contribution in [0.3, 0.4) is 0 Å². The summed E-state index contributed by atoms with van der Waals surface area (Å²) < 4.78 is 87.5. The molecule has 9 nitrogen and oxygen atoms in total. The summed E-state index contributed by atoms with van der Waals surface area (Å²) in [6, 6.07) is 9.41. The Hall–Kier alpha value is -4.53. The number of rotatable bonds is 6. The Labute approximate surface area is 246 Å². The lowest BCUT2D eigenvalue weighted by Gasteiger charge is -2.22. The quantitative estimate of drug-likeness (QED) is 0.300. The molecule has 1 amide bonds. The molecule has 0 unspecified atom stereocenters. The topological polar surface area (TPSA) is 112 Å². The summed E-state index contributed by atoms with van der Waals surface area (Å²) in [6.45, 7) is 3.84. The van der Waals surface area contributed by atoms with E-state index >= 15 is 0 Å². The SMILES string of the molecule is CC(C)(N)c1cc(O[C@@H]2[C@@H]3CN(C(=O)c4cn(-c5ncccn5)nc4C(F)(F)F)C[C@@H]32)nc(-c2ccc(C(F)(F)F)cc2)c1. The first-order chi connectivity index (χ1) is 20.6. The Morgan fingerprint density at radius 2 is 1.57 bits per heavy atom. The second kappa shape index (κ2) is 10.3. The molecule has 0 spiro atoms. The van der Waals surface area contributed by atoms with Gasteiger partial charge in [-0.15, -0.1) is 0 Å². The van der Waals surface area contributed by atoms with Crippen LogP contribution in [-0.2, 0) is 17.9 Å². The summed E-state index contributed by atoms with van der Waals surface area (Å²) in [5, 5.41) is 3.54. The fraction of sp³-hybridized carbons (Fsp3) is 0.345. The molecule has 6 rings (SSSR count). The molecule has 2 fully saturated rings. The fourth-order valence-electron chi connectivity index (χ4n) is 5.29. The van der Waals surface area contributed by atoms with E-state index in [0.29, 0.717) is 16.8 Å². The number of pyridine rings is 1. The van der Waals surface area contributed by atoms with E-state index in [1.807, 2.05) is 0 Å². The third kappa shape index (κ3) is 5.70. The van der Waals surface area contributed by atoms with Crippen molar-refractivity contribution in [1.29, 1.82) is 0 Å². The Morgan fingerprint density at radius 3 is 2.14 bits per heavy atom. The van der Waals surface area contributed by atoms with Gasteiger partial charge < -0.3 is 15.4 Å². The number of hydrogen-bond acceptors (Lipinski definition) is 7. The van der Waals surface area contributed by atoms with E-state index in [9.17, 15) is 31.1 Å². The number of benzene rings is 1. The molecule has 3 aromatic heterocycles. The van der Waals surface area contributed by atoms with Crippen molar-refractivity contribution in [1.82, 2.24) is 29.6 Å². The molecule has 1 aromatic carbocycles. The van der Waals surface area contributed by atoms with Gasteiger partial charge in [-0.1, -0.05) is 12.1 Å². The van der Waals surface area contributed by atoms with Gasteiger partial charge in [-0.25, -0.2) is 19.6 Å². The lowest BCUT2D eigenvalue weighted by atomic mass is 9.94. The van der Waals surface area contributed by atoms with Gasteiger partial charge in [0.15, 0.2) is 5.69 Å². The molecule has 1 saturated carbocycles. The number of nitrogens with zero attached hydrogens (tertiary/aromatic N) is 6. The minimum atomic E-state index is -4.88. The van der Waals surface area contributed by atoms with E-state index in [2.05, 4.69) is 20.1 Å². The van der Waals surface area contributed by atoms with E-state index in [1.54, 1.807) is 26.0 Å². The molecule has 0 bridgehead atoms. The number of halogens is 6. The molecule has 1 aliphatic heterocycles. The van der Waals surface area contributed by atoms with Crippen molar-refractivity contribution in [3.05, 3.63) is 83.4 Å². The molecule has 2 aliphatic rings. The predicted octanol–water partition coefficient (Wildman–Crippen LogP) is 5.11. The highest BCUT2D eigenvalue weighted by Crippen LogP contribution is 2.48. The molecule has 15 heteroatoms. The zero-order valence-electron chi connectivity index (χ0n) is 23.3. The molecular weight excluding hydrogens is 592 g/mol. The van der Waals surface area contributed by atoms with Gasteiger partial charge in [0.25, 0.3) is 5.91 Å². The number of nitrogens with two attached hydrogens (primary N) is 1. The van der Waals surface area contributed by atoms with Crippen molar-refractivity contribution < 1.29 is 35.9 Å². The molecule has 4 heterocycles. The maximum absolute atomic E-state index is 13.8. The number of carbonyl (C=O) groups is 1. The van der Waals surface area contributed by atoms with E-state index in [1.165, 1.54) is 35.5 Å². The van der Waals surface area contributed by atoms with Crippen LogP contribution in [0.2, 0.25) is 0 Å². The van der Waals surface area contributed by atoms with Crippen molar-refractivity contribution >= 4 is 5.91 Å². The van der Waals surface area contributed by atoms with E-state index < -0.39 is 40.6 Å². The highest BCUT2D eigenvalue weighted by atomic mass is 19.4. The minimum Gasteiger partial charge on any atom is -0.474 e. The largest absolute Gasteiger partial charge is 0.474 e.